The van der Waals surface area contributed by atoms with E-state index < -0.39 is 5.97 Å². The van der Waals surface area contributed by atoms with Crippen LogP contribution in [-0.2, 0) is 9.59 Å². The Kier molecular flexibility index (Phi) is 4.73. The van der Waals surface area contributed by atoms with Gasteiger partial charge < -0.3 is 14.9 Å². The van der Waals surface area contributed by atoms with Crippen molar-refractivity contribution in [2.24, 2.45) is 0 Å². The van der Waals surface area contributed by atoms with Crippen LogP contribution in [0.4, 0.5) is 5.13 Å². The van der Waals surface area contributed by atoms with E-state index in [2.05, 4.69) is 9.88 Å². The number of anilines is 1. The van der Waals surface area contributed by atoms with Gasteiger partial charge in [-0.2, -0.15) is 0 Å². The molecule has 0 bridgehead atoms. The number of hydrogen-bond acceptors (Lipinski definition) is 5. The van der Waals surface area contributed by atoms with E-state index in [9.17, 15) is 9.59 Å². The molecule has 0 saturated carbocycles. The number of carboxylic acid groups (broad SMARTS) is 1. The van der Waals surface area contributed by atoms with E-state index in [0.717, 1.165) is 18.2 Å². The fourth-order valence-corrected chi connectivity index (χ4v) is 2.76. The summed E-state index contributed by atoms with van der Waals surface area (Å²) in [6.07, 6.45) is 2.58. The Balaban J connectivity index is 1.73. The van der Waals surface area contributed by atoms with Gasteiger partial charge in [0.25, 0.3) is 0 Å². The molecule has 1 fully saturated rings. The summed E-state index contributed by atoms with van der Waals surface area (Å²) in [4.78, 5) is 30.5. The number of carbonyl (C=O) groups excluding carboxylic acids is 1. The fourth-order valence-electron chi connectivity index (χ4n) is 2.07. The van der Waals surface area contributed by atoms with Gasteiger partial charge in [0.05, 0.1) is 0 Å². The van der Waals surface area contributed by atoms with Gasteiger partial charge in [-0.3, -0.25) is 9.59 Å². The smallest absolute Gasteiger partial charge is 0.303 e. The number of thiazole rings is 1. The predicted molar refractivity (Wildman–Crippen MR) is 72.4 cm³/mol. The first kappa shape index (κ1) is 13.8. The van der Waals surface area contributed by atoms with Crippen LogP contribution in [0.5, 0.6) is 0 Å². The first-order chi connectivity index (χ1) is 9.16. The van der Waals surface area contributed by atoms with Crippen LogP contribution in [0.15, 0.2) is 11.6 Å². The highest BCUT2D eigenvalue weighted by atomic mass is 32.1. The first-order valence-corrected chi connectivity index (χ1v) is 7.19. The van der Waals surface area contributed by atoms with E-state index in [0.29, 0.717) is 25.9 Å². The van der Waals surface area contributed by atoms with Crippen LogP contribution >= 0.6 is 11.3 Å². The Bertz CT molecular complexity index is 427. The van der Waals surface area contributed by atoms with Crippen molar-refractivity contribution in [1.82, 2.24) is 9.88 Å². The lowest BCUT2D eigenvalue weighted by molar-refractivity contribution is -0.137. The highest BCUT2D eigenvalue weighted by Crippen LogP contribution is 2.19. The van der Waals surface area contributed by atoms with Gasteiger partial charge in [-0.15, -0.1) is 11.3 Å². The van der Waals surface area contributed by atoms with Gasteiger partial charge in [-0.1, -0.05) is 0 Å². The molecule has 1 amide bonds. The average Bonchev–Trinajstić information content (AvgIpc) is 2.92. The number of aliphatic carboxylic acids is 1. The number of amides is 1. The van der Waals surface area contributed by atoms with E-state index in [1.54, 1.807) is 17.5 Å². The molecule has 1 aliphatic rings. The number of aromatic nitrogens is 1. The largest absolute Gasteiger partial charge is 0.481 e. The Morgan fingerprint density at radius 1 is 1.26 bits per heavy atom. The van der Waals surface area contributed by atoms with Crippen LogP contribution in [-0.4, -0.2) is 53.0 Å². The minimum Gasteiger partial charge on any atom is -0.481 e. The number of piperazine rings is 1. The lowest BCUT2D eigenvalue weighted by Crippen LogP contribution is -2.48. The zero-order valence-electron chi connectivity index (χ0n) is 10.6. The molecule has 19 heavy (non-hydrogen) atoms. The summed E-state index contributed by atoms with van der Waals surface area (Å²) >= 11 is 1.60. The molecule has 104 valence electrons. The highest BCUT2D eigenvalue weighted by Gasteiger charge is 2.21. The number of carboxylic acids is 1. The summed E-state index contributed by atoms with van der Waals surface area (Å²) in [5.74, 6) is -0.790. The molecule has 0 spiro atoms. The number of hydrogen-bond donors (Lipinski definition) is 1. The predicted octanol–water partition coefficient (Wildman–Crippen LogP) is 1.05. The molecule has 0 aliphatic carbocycles. The summed E-state index contributed by atoms with van der Waals surface area (Å²) in [6, 6.07) is 0. The zero-order chi connectivity index (χ0) is 13.7. The minimum atomic E-state index is -0.846. The van der Waals surface area contributed by atoms with Crippen molar-refractivity contribution in [2.75, 3.05) is 31.1 Å². The number of rotatable bonds is 5. The van der Waals surface area contributed by atoms with Gasteiger partial charge in [0, 0.05) is 50.6 Å². The van der Waals surface area contributed by atoms with Gasteiger partial charge in [-0.05, 0) is 6.42 Å². The third-order valence-corrected chi connectivity index (χ3v) is 3.94. The van der Waals surface area contributed by atoms with E-state index in [4.69, 9.17) is 5.11 Å². The molecule has 0 atom stereocenters. The monoisotopic (exact) mass is 283 g/mol. The summed E-state index contributed by atoms with van der Waals surface area (Å²) < 4.78 is 0. The van der Waals surface area contributed by atoms with E-state index in [-0.39, 0.29) is 12.3 Å². The molecule has 0 radical (unpaired) electrons. The van der Waals surface area contributed by atoms with Crippen LogP contribution in [0.3, 0.4) is 0 Å². The van der Waals surface area contributed by atoms with Crippen LogP contribution in [0.25, 0.3) is 0 Å². The first-order valence-electron chi connectivity index (χ1n) is 6.31. The third-order valence-electron chi connectivity index (χ3n) is 3.10. The second-order valence-corrected chi connectivity index (χ2v) is 5.30. The van der Waals surface area contributed by atoms with Gasteiger partial charge >= 0.3 is 5.97 Å². The van der Waals surface area contributed by atoms with Crippen molar-refractivity contribution in [2.45, 2.75) is 19.3 Å². The Hall–Kier alpha value is -1.63. The van der Waals surface area contributed by atoms with Crippen molar-refractivity contribution in [3.8, 4) is 0 Å². The van der Waals surface area contributed by atoms with E-state index >= 15 is 0 Å². The summed E-state index contributed by atoms with van der Waals surface area (Å²) in [5.41, 5.74) is 0. The van der Waals surface area contributed by atoms with Gasteiger partial charge in [0.15, 0.2) is 5.13 Å². The zero-order valence-corrected chi connectivity index (χ0v) is 11.4. The van der Waals surface area contributed by atoms with Gasteiger partial charge in [0.2, 0.25) is 5.91 Å². The van der Waals surface area contributed by atoms with Crippen molar-refractivity contribution < 1.29 is 14.7 Å². The van der Waals surface area contributed by atoms with Crippen molar-refractivity contribution in [3.63, 3.8) is 0 Å². The number of carbonyl (C=O) groups is 2. The molecule has 7 heteroatoms. The van der Waals surface area contributed by atoms with Crippen molar-refractivity contribution in [1.29, 1.82) is 0 Å². The van der Waals surface area contributed by atoms with Crippen molar-refractivity contribution >= 4 is 28.3 Å². The summed E-state index contributed by atoms with van der Waals surface area (Å²) in [7, 11) is 0. The quantitative estimate of drug-likeness (QED) is 0.874. The highest BCUT2D eigenvalue weighted by molar-refractivity contribution is 7.13. The molecule has 0 aromatic carbocycles. The van der Waals surface area contributed by atoms with Gasteiger partial charge in [-0.25, -0.2) is 4.98 Å². The van der Waals surface area contributed by atoms with Crippen LogP contribution < -0.4 is 4.90 Å². The molecule has 1 N–H and O–H groups in total. The molecule has 0 unspecified atom stereocenters. The SMILES string of the molecule is O=C(O)CCCC(=O)N1CCN(c2nccs2)CC1. The molecule has 1 aromatic heterocycles. The molecule has 6 nitrogen and oxygen atoms in total. The maximum absolute atomic E-state index is 11.9. The standard InChI is InChI=1S/C12H17N3O3S/c16-10(2-1-3-11(17)18)14-5-7-15(8-6-14)12-13-4-9-19-12/h4,9H,1-3,5-8H2,(H,17,18). The third kappa shape index (κ3) is 3.92. The van der Waals surface area contributed by atoms with E-state index in [1.807, 2.05) is 10.3 Å². The van der Waals surface area contributed by atoms with E-state index in [1.165, 1.54) is 0 Å². The molecule has 1 aromatic rings. The normalized spacial score (nSPS) is 15.6. The maximum Gasteiger partial charge on any atom is 0.303 e. The van der Waals surface area contributed by atoms with Crippen LogP contribution in [0, 0.1) is 0 Å². The maximum atomic E-state index is 11.9. The van der Waals surface area contributed by atoms with Gasteiger partial charge in [0.1, 0.15) is 0 Å². The Labute approximate surface area is 115 Å². The molecule has 2 rings (SSSR count). The van der Waals surface area contributed by atoms with Crippen LogP contribution in [0.2, 0.25) is 0 Å². The van der Waals surface area contributed by atoms with Crippen molar-refractivity contribution in [3.05, 3.63) is 11.6 Å². The second kappa shape index (κ2) is 6.51. The molecule has 1 saturated heterocycles. The second-order valence-electron chi connectivity index (χ2n) is 4.43. The number of nitrogens with zero attached hydrogens (tertiary/aromatic N) is 3. The Morgan fingerprint density at radius 3 is 2.58 bits per heavy atom. The lowest BCUT2D eigenvalue weighted by atomic mass is 10.2. The fraction of sp³-hybridized carbons (Fsp3) is 0.583. The van der Waals surface area contributed by atoms with Crippen LogP contribution in [0.1, 0.15) is 19.3 Å². The lowest BCUT2D eigenvalue weighted by Gasteiger charge is -2.34. The minimum absolute atomic E-state index is 0.0556. The topological polar surface area (TPSA) is 73.7 Å². The Morgan fingerprint density at radius 2 is 2.00 bits per heavy atom. The molecular formula is C12H17N3O3S. The summed E-state index contributed by atoms with van der Waals surface area (Å²) in [6.45, 7) is 2.95. The summed E-state index contributed by atoms with van der Waals surface area (Å²) in [5, 5.41) is 11.5. The average molecular weight is 283 g/mol. The molecule has 1 aliphatic heterocycles. The molecule has 2 heterocycles. The molecular weight excluding hydrogens is 266 g/mol.